The molecule has 27 heavy (non-hydrogen) atoms. The number of esters is 1. The van der Waals surface area contributed by atoms with Gasteiger partial charge in [0.2, 0.25) is 10.0 Å². The Morgan fingerprint density at radius 1 is 1.15 bits per heavy atom. The Labute approximate surface area is 159 Å². The smallest absolute Gasteiger partial charge is 0.309 e. The number of ether oxygens (including phenoxy) is 2. The molecular weight excluding hydrogens is 368 g/mol. The Bertz CT molecular complexity index is 861. The van der Waals surface area contributed by atoms with Crippen LogP contribution in [-0.2, 0) is 26.2 Å². The number of piperidine rings is 1. The molecular formula is C19H22N2O5S. The summed E-state index contributed by atoms with van der Waals surface area (Å²) in [5.41, 5.74) is 0.686. The highest BCUT2D eigenvalue weighted by Crippen LogP contribution is 2.26. The molecule has 0 saturated carbocycles. The first-order chi connectivity index (χ1) is 13.0. The van der Waals surface area contributed by atoms with Gasteiger partial charge in [-0.3, -0.25) is 9.78 Å². The van der Waals surface area contributed by atoms with Crippen molar-refractivity contribution in [3.63, 3.8) is 0 Å². The maximum Gasteiger partial charge on any atom is 0.309 e. The second-order valence-corrected chi connectivity index (χ2v) is 8.22. The van der Waals surface area contributed by atoms with Crippen molar-refractivity contribution in [1.82, 2.24) is 9.29 Å². The molecule has 1 aliphatic heterocycles. The Morgan fingerprint density at radius 3 is 2.44 bits per heavy atom. The van der Waals surface area contributed by atoms with Crippen molar-refractivity contribution in [3.8, 4) is 5.75 Å². The molecule has 0 radical (unpaired) electrons. The molecule has 0 aliphatic carbocycles. The number of hydrogen-bond acceptors (Lipinski definition) is 6. The van der Waals surface area contributed by atoms with Crippen LogP contribution in [0.1, 0.15) is 18.5 Å². The zero-order chi connectivity index (χ0) is 19.3. The van der Waals surface area contributed by atoms with Crippen LogP contribution in [0.2, 0.25) is 0 Å². The molecule has 2 aromatic rings. The number of aromatic nitrogens is 1. The van der Waals surface area contributed by atoms with Crippen LogP contribution in [0.3, 0.4) is 0 Å². The number of methoxy groups -OCH3 is 1. The lowest BCUT2D eigenvalue weighted by Gasteiger charge is -2.30. The average molecular weight is 390 g/mol. The van der Waals surface area contributed by atoms with Gasteiger partial charge in [0, 0.05) is 19.3 Å². The maximum atomic E-state index is 12.7. The first-order valence-corrected chi connectivity index (χ1v) is 10.2. The second kappa shape index (κ2) is 8.49. The summed E-state index contributed by atoms with van der Waals surface area (Å²) < 4.78 is 37.3. The summed E-state index contributed by atoms with van der Waals surface area (Å²) in [6.45, 7) is 0.708. The Hall–Kier alpha value is -2.45. The monoisotopic (exact) mass is 390 g/mol. The summed E-state index contributed by atoms with van der Waals surface area (Å²) in [7, 11) is -2.05. The lowest BCUT2D eigenvalue weighted by Crippen LogP contribution is -2.40. The second-order valence-electron chi connectivity index (χ2n) is 6.28. The van der Waals surface area contributed by atoms with Crippen molar-refractivity contribution in [1.29, 1.82) is 0 Å². The maximum absolute atomic E-state index is 12.7. The van der Waals surface area contributed by atoms with Crippen molar-refractivity contribution in [2.45, 2.75) is 24.3 Å². The highest BCUT2D eigenvalue weighted by Gasteiger charge is 2.32. The van der Waals surface area contributed by atoms with E-state index in [1.165, 1.54) is 23.5 Å². The zero-order valence-electron chi connectivity index (χ0n) is 15.1. The lowest BCUT2D eigenvalue weighted by atomic mass is 9.98. The Kier molecular flexibility index (Phi) is 6.08. The number of rotatable bonds is 6. The largest absolute Gasteiger partial charge is 0.497 e. The third-order valence-electron chi connectivity index (χ3n) is 4.57. The van der Waals surface area contributed by atoms with E-state index in [9.17, 15) is 13.2 Å². The normalized spacial score (nSPS) is 16.0. The van der Waals surface area contributed by atoms with Gasteiger partial charge >= 0.3 is 5.97 Å². The number of pyridine rings is 1. The number of carbonyl (C=O) groups is 1. The molecule has 0 atom stereocenters. The number of hydrogen-bond donors (Lipinski definition) is 0. The topological polar surface area (TPSA) is 85.8 Å². The van der Waals surface area contributed by atoms with E-state index in [1.54, 1.807) is 30.5 Å². The van der Waals surface area contributed by atoms with Gasteiger partial charge in [0.25, 0.3) is 0 Å². The van der Waals surface area contributed by atoms with Crippen LogP contribution < -0.4 is 4.74 Å². The van der Waals surface area contributed by atoms with E-state index in [4.69, 9.17) is 9.47 Å². The fraction of sp³-hybridized carbons (Fsp3) is 0.368. The standard InChI is InChI=1S/C19H22N2O5S/c1-25-17-5-7-18(8-6-17)27(23,24)21-12-9-15(10-13-21)19(22)26-14-16-4-2-3-11-20-16/h2-8,11,15H,9-10,12-14H2,1H3. The minimum atomic E-state index is -3.58. The first kappa shape index (κ1) is 19.3. The van der Waals surface area contributed by atoms with E-state index < -0.39 is 10.0 Å². The number of carbonyl (C=O) groups excluding carboxylic acids is 1. The highest BCUT2D eigenvalue weighted by atomic mass is 32.2. The van der Waals surface area contributed by atoms with Crippen LogP contribution >= 0.6 is 0 Å². The van der Waals surface area contributed by atoms with Gasteiger partial charge in [-0.1, -0.05) is 6.07 Å². The van der Waals surface area contributed by atoms with Gasteiger partial charge in [-0.05, 0) is 49.2 Å². The molecule has 0 bridgehead atoms. The predicted molar refractivity (Wildman–Crippen MR) is 98.5 cm³/mol. The van der Waals surface area contributed by atoms with Crippen LogP contribution in [0, 0.1) is 5.92 Å². The lowest BCUT2D eigenvalue weighted by molar-refractivity contribution is -0.151. The molecule has 2 heterocycles. The minimum Gasteiger partial charge on any atom is -0.497 e. The van der Waals surface area contributed by atoms with Gasteiger partial charge in [0.15, 0.2) is 0 Å². The quantitative estimate of drug-likeness (QED) is 0.703. The van der Waals surface area contributed by atoms with Gasteiger partial charge in [0.05, 0.1) is 23.6 Å². The van der Waals surface area contributed by atoms with Crippen molar-refractivity contribution in [3.05, 3.63) is 54.4 Å². The molecule has 1 aromatic heterocycles. The number of benzene rings is 1. The molecule has 144 valence electrons. The first-order valence-electron chi connectivity index (χ1n) is 8.71. The highest BCUT2D eigenvalue weighted by molar-refractivity contribution is 7.89. The van der Waals surface area contributed by atoms with E-state index >= 15 is 0 Å². The van der Waals surface area contributed by atoms with E-state index in [-0.39, 0.29) is 36.5 Å². The van der Waals surface area contributed by atoms with Crippen LogP contribution in [0.15, 0.2) is 53.6 Å². The van der Waals surface area contributed by atoms with Crippen LogP contribution in [0.4, 0.5) is 0 Å². The number of sulfonamides is 1. The molecule has 0 N–H and O–H groups in total. The van der Waals surface area contributed by atoms with E-state index in [0.29, 0.717) is 24.3 Å². The predicted octanol–water partition coefficient (Wildman–Crippen LogP) is 2.23. The molecule has 0 amide bonds. The van der Waals surface area contributed by atoms with Gasteiger partial charge in [-0.15, -0.1) is 0 Å². The fourth-order valence-corrected chi connectivity index (χ4v) is 4.44. The van der Waals surface area contributed by atoms with Crippen molar-refractivity contribution < 1.29 is 22.7 Å². The molecule has 7 nitrogen and oxygen atoms in total. The average Bonchev–Trinajstić information content (AvgIpc) is 2.73. The Balaban J connectivity index is 1.55. The van der Waals surface area contributed by atoms with Gasteiger partial charge in [-0.2, -0.15) is 4.31 Å². The summed E-state index contributed by atoms with van der Waals surface area (Å²) in [4.78, 5) is 16.6. The van der Waals surface area contributed by atoms with Gasteiger partial charge < -0.3 is 9.47 Å². The summed E-state index contributed by atoms with van der Waals surface area (Å²) in [5, 5.41) is 0. The summed E-state index contributed by atoms with van der Waals surface area (Å²) in [6, 6.07) is 11.7. The van der Waals surface area contributed by atoms with E-state index in [1.807, 2.05) is 6.07 Å². The summed E-state index contributed by atoms with van der Waals surface area (Å²) in [6.07, 6.45) is 2.53. The number of nitrogens with zero attached hydrogens (tertiary/aromatic N) is 2. The van der Waals surface area contributed by atoms with E-state index in [2.05, 4.69) is 4.98 Å². The third-order valence-corrected chi connectivity index (χ3v) is 6.49. The van der Waals surface area contributed by atoms with Gasteiger partial charge in [0.1, 0.15) is 12.4 Å². The molecule has 3 rings (SSSR count). The SMILES string of the molecule is COc1ccc(S(=O)(=O)N2CCC(C(=O)OCc3ccccn3)CC2)cc1. The third kappa shape index (κ3) is 4.64. The summed E-state index contributed by atoms with van der Waals surface area (Å²) >= 11 is 0. The minimum absolute atomic E-state index is 0.129. The Morgan fingerprint density at radius 2 is 1.85 bits per heavy atom. The van der Waals surface area contributed by atoms with Crippen LogP contribution in [-0.4, -0.2) is 43.9 Å². The van der Waals surface area contributed by atoms with Crippen molar-refractivity contribution in [2.75, 3.05) is 20.2 Å². The molecule has 1 aliphatic rings. The molecule has 0 unspecified atom stereocenters. The van der Waals surface area contributed by atoms with Crippen LogP contribution in [0.5, 0.6) is 5.75 Å². The van der Waals surface area contributed by atoms with Crippen LogP contribution in [0.25, 0.3) is 0 Å². The van der Waals surface area contributed by atoms with Gasteiger partial charge in [-0.25, -0.2) is 8.42 Å². The fourth-order valence-electron chi connectivity index (χ4n) is 2.98. The zero-order valence-corrected chi connectivity index (χ0v) is 15.9. The van der Waals surface area contributed by atoms with E-state index in [0.717, 1.165) is 0 Å². The molecule has 1 saturated heterocycles. The molecule has 8 heteroatoms. The summed E-state index contributed by atoms with van der Waals surface area (Å²) in [5.74, 6) is 0.00138. The van der Waals surface area contributed by atoms with Crippen molar-refractivity contribution >= 4 is 16.0 Å². The molecule has 1 aromatic carbocycles. The molecule has 0 spiro atoms. The van der Waals surface area contributed by atoms with Crippen molar-refractivity contribution in [2.24, 2.45) is 5.92 Å². The molecule has 1 fully saturated rings.